The fourth-order valence-electron chi connectivity index (χ4n) is 2.34. The quantitative estimate of drug-likeness (QED) is 0.804. The van der Waals surface area contributed by atoms with Gasteiger partial charge in [-0.1, -0.05) is 36.8 Å². The predicted molar refractivity (Wildman–Crippen MR) is 100 cm³/mol. The van der Waals surface area contributed by atoms with Gasteiger partial charge in [0, 0.05) is 6.04 Å². The van der Waals surface area contributed by atoms with Gasteiger partial charge in [-0.15, -0.1) is 0 Å². The molecule has 0 saturated carbocycles. The Morgan fingerprint density at radius 1 is 1.15 bits per heavy atom. The summed E-state index contributed by atoms with van der Waals surface area (Å²) in [4.78, 5) is 12.3. The Morgan fingerprint density at radius 3 is 2.35 bits per heavy atom. The zero-order valence-corrected chi connectivity index (χ0v) is 15.9. The molecule has 0 heterocycles. The normalized spacial score (nSPS) is 12.5. The molecule has 2 rings (SSSR count). The van der Waals surface area contributed by atoms with Gasteiger partial charge < -0.3 is 5.32 Å². The van der Waals surface area contributed by atoms with Crippen LogP contribution in [0.4, 0.5) is 10.1 Å². The van der Waals surface area contributed by atoms with Crippen LogP contribution in [0.2, 0.25) is 0 Å². The van der Waals surface area contributed by atoms with E-state index < -0.39 is 28.3 Å². The van der Waals surface area contributed by atoms with Crippen LogP contribution in [0.25, 0.3) is 0 Å². The molecule has 0 unspecified atom stereocenters. The summed E-state index contributed by atoms with van der Waals surface area (Å²) >= 11 is 0. The van der Waals surface area contributed by atoms with Gasteiger partial charge >= 0.3 is 0 Å². The number of nitrogens with one attached hydrogen (secondary N) is 1. The summed E-state index contributed by atoms with van der Waals surface area (Å²) in [7, 11) is -4.10. The second-order valence-electron chi connectivity index (χ2n) is 6.15. The third-order valence-corrected chi connectivity index (χ3v) is 5.81. The summed E-state index contributed by atoms with van der Waals surface area (Å²) in [5, 5.41) is 2.71. The lowest BCUT2D eigenvalue weighted by Gasteiger charge is -2.25. The number of benzene rings is 2. The molecule has 0 aliphatic carbocycles. The molecule has 2 aromatic rings. The third-order valence-electron chi connectivity index (χ3n) is 4.04. The molecule has 7 heteroatoms. The first-order valence-corrected chi connectivity index (χ1v) is 9.83. The van der Waals surface area contributed by atoms with E-state index in [0.29, 0.717) is 6.42 Å². The highest BCUT2D eigenvalue weighted by Crippen LogP contribution is 2.26. The number of anilines is 1. The first-order valence-electron chi connectivity index (χ1n) is 8.39. The average molecular weight is 378 g/mol. The van der Waals surface area contributed by atoms with Crippen LogP contribution >= 0.6 is 0 Å². The van der Waals surface area contributed by atoms with Gasteiger partial charge in [0.05, 0.1) is 10.6 Å². The van der Waals surface area contributed by atoms with Gasteiger partial charge in [0.25, 0.3) is 10.0 Å². The highest BCUT2D eigenvalue weighted by Gasteiger charge is 2.29. The van der Waals surface area contributed by atoms with Crippen molar-refractivity contribution < 1.29 is 17.6 Å². The van der Waals surface area contributed by atoms with Gasteiger partial charge in [-0.3, -0.25) is 9.10 Å². The van der Waals surface area contributed by atoms with Crippen LogP contribution < -0.4 is 9.62 Å². The van der Waals surface area contributed by atoms with E-state index in [9.17, 15) is 17.6 Å². The van der Waals surface area contributed by atoms with E-state index in [1.165, 1.54) is 36.4 Å². The Morgan fingerprint density at radius 2 is 1.77 bits per heavy atom. The Kier molecular flexibility index (Phi) is 6.37. The van der Waals surface area contributed by atoms with Crippen molar-refractivity contribution in [1.29, 1.82) is 0 Å². The van der Waals surface area contributed by atoms with Gasteiger partial charge in [-0.05, 0) is 44.5 Å². The lowest BCUT2D eigenvalue weighted by molar-refractivity contribution is -0.120. The minimum atomic E-state index is -4.10. The van der Waals surface area contributed by atoms with Gasteiger partial charge in [-0.2, -0.15) is 0 Å². The van der Waals surface area contributed by atoms with Crippen molar-refractivity contribution >= 4 is 21.6 Å². The van der Waals surface area contributed by atoms with E-state index in [0.717, 1.165) is 9.87 Å². The average Bonchev–Trinajstić information content (AvgIpc) is 2.60. The number of hydrogen-bond acceptors (Lipinski definition) is 3. The number of sulfonamides is 1. The molecule has 0 spiro atoms. The maximum atomic E-state index is 14.3. The third kappa shape index (κ3) is 4.60. The number of nitrogens with zero attached hydrogens (tertiary/aromatic N) is 1. The fourth-order valence-corrected chi connectivity index (χ4v) is 3.77. The van der Waals surface area contributed by atoms with Gasteiger partial charge in [-0.25, -0.2) is 12.8 Å². The minimum absolute atomic E-state index is 0.00249. The monoisotopic (exact) mass is 378 g/mol. The summed E-state index contributed by atoms with van der Waals surface area (Å²) in [5.41, 5.74) is 0.739. The van der Waals surface area contributed by atoms with Crippen LogP contribution in [0.3, 0.4) is 0 Å². The van der Waals surface area contributed by atoms with E-state index in [1.54, 1.807) is 12.1 Å². The number of amides is 1. The molecule has 140 valence electrons. The van der Waals surface area contributed by atoms with Crippen molar-refractivity contribution in [1.82, 2.24) is 5.32 Å². The lowest BCUT2D eigenvalue weighted by Crippen LogP contribution is -2.43. The first-order chi connectivity index (χ1) is 12.3. The first kappa shape index (κ1) is 19.9. The summed E-state index contributed by atoms with van der Waals surface area (Å²) in [6.45, 7) is 5.06. The number of aryl methyl sites for hydroxylation is 1. The molecule has 1 N–H and O–H groups in total. The molecule has 0 fully saturated rings. The van der Waals surface area contributed by atoms with Crippen LogP contribution in [0, 0.1) is 12.7 Å². The highest BCUT2D eigenvalue weighted by molar-refractivity contribution is 7.92. The van der Waals surface area contributed by atoms with E-state index in [4.69, 9.17) is 0 Å². The number of halogens is 1. The van der Waals surface area contributed by atoms with Gasteiger partial charge in [0.15, 0.2) is 0 Å². The van der Waals surface area contributed by atoms with Crippen molar-refractivity contribution in [2.45, 2.75) is 38.1 Å². The molecule has 2 aromatic carbocycles. The molecule has 0 radical (unpaired) electrons. The SMILES string of the molecule is CC[C@@H](C)NC(=O)CN(c1ccccc1F)S(=O)(=O)c1ccc(C)cc1. The topological polar surface area (TPSA) is 66.5 Å². The van der Waals surface area contributed by atoms with Crippen LogP contribution in [0.15, 0.2) is 53.4 Å². The largest absolute Gasteiger partial charge is 0.352 e. The summed E-state index contributed by atoms with van der Waals surface area (Å²) < 4.78 is 41.2. The Labute approximate surface area is 153 Å². The Hall–Kier alpha value is -2.41. The molecule has 0 saturated heterocycles. The summed E-state index contributed by atoms with van der Waals surface area (Å²) in [5.74, 6) is -1.20. The zero-order valence-electron chi connectivity index (χ0n) is 15.1. The summed E-state index contributed by atoms with van der Waals surface area (Å²) in [6.07, 6.45) is 0.705. The van der Waals surface area contributed by atoms with Crippen molar-refractivity contribution in [3.63, 3.8) is 0 Å². The number of hydrogen-bond donors (Lipinski definition) is 1. The molecule has 0 bridgehead atoms. The molecule has 1 amide bonds. The predicted octanol–water partition coefficient (Wildman–Crippen LogP) is 3.24. The fraction of sp³-hybridized carbons (Fsp3) is 0.316. The molecular formula is C19H23FN2O3S. The highest BCUT2D eigenvalue weighted by atomic mass is 32.2. The van der Waals surface area contributed by atoms with E-state index in [1.807, 2.05) is 20.8 Å². The Bertz CT molecular complexity index is 867. The maximum absolute atomic E-state index is 14.3. The summed E-state index contributed by atoms with van der Waals surface area (Å²) in [6, 6.07) is 11.6. The standard InChI is InChI=1S/C19H23FN2O3S/c1-4-15(3)21-19(23)13-22(18-8-6-5-7-17(18)20)26(24,25)16-11-9-14(2)10-12-16/h5-12,15H,4,13H2,1-3H3,(H,21,23)/t15-/m1/s1. The molecule has 5 nitrogen and oxygen atoms in total. The van der Waals surface area contributed by atoms with Gasteiger partial charge in [0.1, 0.15) is 12.4 Å². The number of para-hydroxylation sites is 1. The number of rotatable bonds is 7. The molecule has 0 aromatic heterocycles. The second-order valence-corrected chi connectivity index (χ2v) is 8.02. The van der Waals surface area contributed by atoms with Crippen LogP contribution in [0.1, 0.15) is 25.8 Å². The molecule has 0 aliphatic heterocycles. The number of carbonyl (C=O) groups is 1. The lowest BCUT2D eigenvalue weighted by atomic mass is 10.2. The molecular weight excluding hydrogens is 355 g/mol. The maximum Gasteiger partial charge on any atom is 0.264 e. The van der Waals surface area contributed by atoms with Crippen molar-refractivity contribution in [2.75, 3.05) is 10.8 Å². The van der Waals surface area contributed by atoms with Crippen LogP contribution in [-0.4, -0.2) is 26.9 Å². The van der Waals surface area contributed by atoms with E-state index in [2.05, 4.69) is 5.32 Å². The van der Waals surface area contributed by atoms with E-state index >= 15 is 0 Å². The van der Waals surface area contributed by atoms with Gasteiger partial charge in [0.2, 0.25) is 5.91 Å². The smallest absolute Gasteiger partial charge is 0.264 e. The second kappa shape index (κ2) is 8.31. The van der Waals surface area contributed by atoms with Crippen molar-refractivity contribution in [3.8, 4) is 0 Å². The molecule has 26 heavy (non-hydrogen) atoms. The van der Waals surface area contributed by atoms with Crippen molar-refractivity contribution in [2.24, 2.45) is 0 Å². The minimum Gasteiger partial charge on any atom is -0.352 e. The zero-order chi connectivity index (χ0) is 19.3. The molecule has 1 atom stereocenters. The Balaban J connectivity index is 2.45. The van der Waals surface area contributed by atoms with E-state index in [-0.39, 0.29) is 16.6 Å². The van der Waals surface area contributed by atoms with Crippen LogP contribution in [0.5, 0.6) is 0 Å². The number of carbonyl (C=O) groups excluding carboxylic acids is 1. The molecule has 0 aliphatic rings. The van der Waals surface area contributed by atoms with Crippen molar-refractivity contribution in [3.05, 3.63) is 59.9 Å². The van der Waals surface area contributed by atoms with Crippen LogP contribution in [-0.2, 0) is 14.8 Å².